The van der Waals surface area contributed by atoms with Gasteiger partial charge in [-0.1, -0.05) is 33.8 Å². The fraction of sp³-hybridized carbons (Fsp3) is 0.769. The van der Waals surface area contributed by atoms with E-state index >= 15 is 0 Å². The molecule has 1 fully saturated rings. The van der Waals surface area contributed by atoms with Crippen molar-refractivity contribution in [3.8, 4) is 0 Å². The molecule has 0 N–H and O–H groups in total. The highest BCUT2D eigenvalue weighted by Crippen LogP contribution is 2.34. The second-order valence-electron chi connectivity index (χ2n) is 5.88. The molecular formula is C13H23NO. The van der Waals surface area contributed by atoms with Crippen LogP contribution in [0.2, 0.25) is 0 Å². The minimum absolute atomic E-state index is 0.213. The van der Waals surface area contributed by atoms with Crippen molar-refractivity contribution in [1.82, 2.24) is 4.90 Å². The van der Waals surface area contributed by atoms with Crippen LogP contribution in [0.25, 0.3) is 0 Å². The van der Waals surface area contributed by atoms with Crippen molar-refractivity contribution in [2.24, 2.45) is 17.3 Å². The van der Waals surface area contributed by atoms with Crippen LogP contribution in [0.4, 0.5) is 0 Å². The molecule has 2 atom stereocenters. The lowest BCUT2D eigenvalue weighted by atomic mass is 9.80. The van der Waals surface area contributed by atoms with E-state index < -0.39 is 0 Å². The van der Waals surface area contributed by atoms with Gasteiger partial charge in [0.15, 0.2) is 0 Å². The molecule has 2 nitrogen and oxygen atoms in total. The molecule has 2 heteroatoms. The molecule has 1 rings (SSSR count). The van der Waals surface area contributed by atoms with Gasteiger partial charge in [-0.25, -0.2) is 0 Å². The lowest BCUT2D eigenvalue weighted by molar-refractivity contribution is -0.131. The van der Waals surface area contributed by atoms with E-state index in [1.807, 2.05) is 11.0 Å². The summed E-state index contributed by atoms with van der Waals surface area (Å²) < 4.78 is 0. The normalized spacial score (nSPS) is 27.2. The summed E-state index contributed by atoms with van der Waals surface area (Å²) in [5.74, 6) is 1.01. The first kappa shape index (κ1) is 12.3. The predicted octanol–water partition coefficient (Wildman–Crippen LogP) is 2.70. The lowest BCUT2D eigenvalue weighted by Gasteiger charge is -2.23. The summed E-state index contributed by atoms with van der Waals surface area (Å²) in [4.78, 5) is 14.0. The second-order valence-corrected chi connectivity index (χ2v) is 5.88. The summed E-state index contributed by atoms with van der Waals surface area (Å²) in [6.45, 7) is 14.1. The van der Waals surface area contributed by atoms with Crippen LogP contribution in [-0.2, 0) is 4.79 Å². The van der Waals surface area contributed by atoms with Gasteiger partial charge in [-0.05, 0) is 17.8 Å². The molecule has 0 aromatic carbocycles. The summed E-state index contributed by atoms with van der Waals surface area (Å²) >= 11 is 0. The summed E-state index contributed by atoms with van der Waals surface area (Å²) in [5.41, 5.74) is 0.235. The molecule has 1 saturated heterocycles. The van der Waals surface area contributed by atoms with Gasteiger partial charge >= 0.3 is 0 Å². The van der Waals surface area contributed by atoms with Crippen LogP contribution in [0.3, 0.4) is 0 Å². The molecule has 0 aromatic rings. The lowest BCUT2D eigenvalue weighted by Crippen LogP contribution is -2.28. The van der Waals surface area contributed by atoms with Gasteiger partial charge in [-0.3, -0.25) is 4.79 Å². The molecule has 0 bridgehead atoms. The van der Waals surface area contributed by atoms with Crippen LogP contribution in [0.5, 0.6) is 0 Å². The zero-order valence-corrected chi connectivity index (χ0v) is 10.4. The van der Waals surface area contributed by atoms with Gasteiger partial charge in [0.25, 0.3) is 0 Å². The Kier molecular flexibility index (Phi) is 3.58. The largest absolute Gasteiger partial charge is 0.338 e. The van der Waals surface area contributed by atoms with E-state index in [1.54, 1.807) is 0 Å². The smallest absolute Gasteiger partial charge is 0.226 e. The third-order valence-electron chi connectivity index (χ3n) is 3.01. The minimum Gasteiger partial charge on any atom is -0.338 e. The monoisotopic (exact) mass is 209 g/mol. The van der Waals surface area contributed by atoms with Gasteiger partial charge in [0.2, 0.25) is 5.91 Å². The van der Waals surface area contributed by atoms with E-state index in [1.165, 1.54) is 0 Å². The quantitative estimate of drug-likeness (QED) is 0.654. The van der Waals surface area contributed by atoms with Crippen molar-refractivity contribution in [2.45, 2.75) is 34.1 Å². The number of carbonyl (C=O) groups is 1. The van der Waals surface area contributed by atoms with Gasteiger partial charge in [-0.15, -0.1) is 6.58 Å². The van der Waals surface area contributed by atoms with Crippen LogP contribution in [-0.4, -0.2) is 23.9 Å². The van der Waals surface area contributed by atoms with E-state index in [0.29, 0.717) is 18.4 Å². The number of hydrogen-bond acceptors (Lipinski definition) is 1. The topological polar surface area (TPSA) is 20.3 Å². The second kappa shape index (κ2) is 4.38. The number of nitrogens with zero attached hydrogens (tertiary/aromatic N) is 1. The van der Waals surface area contributed by atoms with Crippen molar-refractivity contribution in [3.63, 3.8) is 0 Å². The van der Waals surface area contributed by atoms with Crippen molar-refractivity contribution in [3.05, 3.63) is 12.7 Å². The number of amides is 1. The first-order chi connectivity index (χ1) is 6.85. The average Bonchev–Trinajstić information content (AvgIpc) is 2.32. The van der Waals surface area contributed by atoms with E-state index in [-0.39, 0.29) is 11.3 Å². The molecular weight excluding hydrogens is 186 g/mol. The Bertz CT molecular complexity index is 252. The standard InChI is InChI=1S/C13H23NO/c1-6-7-14-9-10(2)11(12(14)15)8-13(3,4)5/h6,10-11H,1,7-9H2,2-5H3/t10-,11+/m0/s1. The van der Waals surface area contributed by atoms with E-state index in [0.717, 1.165) is 13.0 Å². The molecule has 0 aromatic heterocycles. The molecule has 0 saturated carbocycles. The van der Waals surface area contributed by atoms with Gasteiger partial charge < -0.3 is 4.90 Å². The minimum atomic E-state index is 0.213. The van der Waals surface area contributed by atoms with Crippen LogP contribution >= 0.6 is 0 Å². The number of likely N-dealkylation sites (tertiary alicyclic amines) is 1. The Morgan fingerprint density at radius 2 is 2.13 bits per heavy atom. The molecule has 86 valence electrons. The van der Waals surface area contributed by atoms with Crippen LogP contribution < -0.4 is 0 Å². The van der Waals surface area contributed by atoms with Crippen LogP contribution in [0.15, 0.2) is 12.7 Å². The van der Waals surface area contributed by atoms with Gasteiger partial charge in [0, 0.05) is 19.0 Å². The molecule has 1 aliphatic rings. The molecule has 1 aliphatic heterocycles. The molecule has 1 amide bonds. The number of carbonyl (C=O) groups excluding carboxylic acids is 1. The van der Waals surface area contributed by atoms with Gasteiger partial charge in [0.1, 0.15) is 0 Å². The Morgan fingerprint density at radius 1 is 1.53 bits per heavy atom. The maximum absolute atomic E-state index is 12.1. The van der Waals surface area contributed by atoms with Crippen molar-refractivity contribution < 1.29 is 4.79 Å². The predicted molar refractivity (Wildman–Crippen MR) is 63.5 cm³/mol. The molecule has 1 heterocycles. The third kappa shape index (κ3) is 3.08. The van der Waals surface area contributed by atoms with Crippen LogP contribution in [0.1, 0.15) is 34.1 Å². The van der Waals surface area contributed by atoms with Crippen molar-refractivity contribution in [2.75, 3.05) is 13.1 Å². The van der Waals surface area contributed by atoms with Crippen molar-refractivity contribution in [1.29, 1.82) is 0 Å². The zero-order chi connectivity index (χ0) is 11.6. The van der Waals surface area contributed by atoms with Crippen LogP contribution in [0, 0.1) is 17.3 Å². The molecule has 0 aliphatic carbocycles. The zero-order valence-electron chi connectivity index (χ0n) is 10.4. The maximum atomic E-state index is 12.1. The summed E-state index contributed by atoms with van der Waals surface area (Å²) in [5, 5.41) is 0. The summed E-state index contributed by atoms with van der Waals surface area (Å²) in [7, 11) is 0. The van der Waals surface area contributed by atoms with E-state index in [9.17, 15) is 4.79 Å². The third-order valence-corrected chi connectivity index (χ3v) is 3.01. The molecule has 15 heavy (non-hydrogen) atoms. The maximum Gasteiger partial charge on any atom is 0.226 e. The average molecular weight is 209 g/mol. The fourth-order valence-corrected chi connectivity index (χ4v) is 2.31. The van der Waals surface area contributed by atoms with Gasteiger partial charge in [0.05, 0.1) is 0 Å². The summed E-state index contributed by atoms with van der Waals surface area (Å²) in [6.07, 6.45) is 2.80. The van der Waals surface area contributed by atoms with E-state index in [2.05, 4.69) is 34.3 Å². The SMILES string of the molecule is C=CCN1C[C@H](C)[C@@H](CC(C)(C)C)C1=O. The van der Waals surface area contributed by atoms with Crippen molar-refractivity contribution >= 4 is 5.91 Å². The summed E-state index contributed by atoms with van der Waals surface area (Å²) in [6, 6.07) is 0. The highest BCUT2D eigenvalue weighted by atomic mass is 16.2. The Hall–Kier alpha value is -0.790. The fourth-order valence-electron chi connectivity index (χ4n) is 2.31. The first-order valence-electron chi connectivity index (χ1n) is 5.75. The number of hydrogen-bond donors (Lipinski definition) is 0. The highest BCUT2D eigenvalue weighted by molar-refractivity contribution is 5.81. The Morgan fingerprint density at radius 3 is 2.60 bits per heavy atom. The van der Waals surface area contributed by atoms with Gasteiger partial charge in [-0.2, -0.15) is 0 Å². The Balaban J connectivity index is 2.66. The first-order valence-corrected chi connectivity index (χ1v) is 5.75. The number of rotatable bonds is 3. The van der Waals surface area contributed by atoms with E-state index in [4.69, 9.17) is 0 Å². The Labute approximate surface area is 93.3 Å². The highest BCUT2D eigenvalue weighted by Gasteiger charge is 2.38. The molecule has 0 radical (unpaired) electrons. The molecule has 0 spiro atoms. The molecule has 0 unspecified atom stereocenters.